The normalized spacial score (nSPS) is 14.2. The molecular weight excluding hydrogens is 408 g/mol. The Kier molecular flexibility index (Phi) is 5.10. The summed E-state index contributed by atoms with van der Waals surface area (Å²) in [6.45, 7) is 5.28. The van der Waals surface area contributed by atoms with E-state index in [4.69, 9.17) is 10.2 Å². The molecule has 5 rings (SSSR count). The van der Waals surface area contributed by atoms with Gasteiger partial charge in [0.1, 0.15) is 5.82 Å². The van der Waals surface area contributed by atoms with Crippen LogP contribution in [0.5, 0.6) is 0 Å². The fourth-order valence-corrected chi connectivity index (χ4v) is 3.93. The first-order valence-corrected chi connectivity index (χ1v) is 10.5. The van der Waals surface area contributed by atoms with Crippen LogP contribution in [-0.2, 0) is 11.3 Å². The quantitative estimate of drug-likeness (QED) is 0.493. The molecular formula is C22H24N8O2. The first-order chi connectivity index (χ1) is 15.6. The van der Waals surface area contributed by atoms with Crippen LogP contribution in [0, 0.1) is 0 Å². The molecule has 3 N–H and O–H groups in total. The smallest absolute Gasteiger partial charge is 0.225 e. The van der Waals surface area contributed by atoms with Gasteiger partial charge in [0.2, 0.25) is 17.7 Å². The Morgan fingerprint density at radius 1 is 1.12 bits per heavy atom. The number of para-hydroxylation sites is 1. The molecule has 1 fully saturated rings. The van der Waals surface area contributed by atoms with Crippen LogP contribution in [-0.4, -0.2) is 56.6 Å². The molecule has 1 amide bonds. The molecule has 0 atom stereocenters. The highest BCUT2D eigenvalue weighted by Crippen LogP contribution is 2.24. The Hall–Kier alpha value is -4.08. The van der Waals surface area contributed by atoms with Crippen molar-refractivity contribution in [2.75, 3.05) is 42.1 Å². The van der Waals surface area contributed by atoms with Crippen molar-refractivity contribution in [3.8, 4) is 11.6 Å². The number of benzene rings is 1. The second-order valence-electron chi connectivity index (χ2n) is 7.66. The van der Waals surface area contributed by atoms with Crippen LogP contribution in [0.2, 0.25) is 0 Å². The van der Waals surface area contributed by atoms with Crippen LogP contribution >= 0.6 is 0 Å². The zero-order valence-electron chi connectivity index (χ0n) is 17.7. The monoisotopic (exact) mass is 432 g/mol. The highest BCUT2D eigenvalue weighted by Gasteiger charge is 2.20. The lowest BCUT2D eigenvalue weighted by atomic mass is 10.1. The number of aromatic nitrogens is 4. The molecule has 3 aromatic heterocycles. The first kappa shape index (κ1) is 19.9. The molecule has 0 spiro atoms. The van der Waals surface area contributed by atoms with Crippen LogP contribution in [0.3, 0.4) is 0 Å². The van der Waals surface area contributed by atoms with Crippen LogP contribution in [0.4, 0.5) is 17.5 Å². The van der Waals surface area contributed by atoms with E-state index in [1.807, 2.05) is 23.1 Å². The van der Waals surface area contributed by atoms with Crippen molar-refractivity contribution in [3.63, 3.8) is 0 Å². The van der Waals surface area contributed by atoms with Crippen molar-refractivity contribution in [3.05, 3.63) is 54.3 Å². The Morgan fingerprint density at radius 3 is 2.69 bits per heavy atom. The molecule has 32 heavy (non-hydrogen) atoms. The van der Waals surface area contributed by atoms with Gasteiger partial charge in [-0.15, -0.1) is 5.10 Å². The highest BCUT2D eigenvalue weighted by atomic mass is 16.3. The number of carbonyl (C=O) groups excluding carboxylic acids is 1. The fraction of sp³-hybridized carbons (Fsp3) is 0.273. The standard InChI is InChI=1S/C22H24N8O2/c1-15(31)28-8-10-29(11-9-28)17-6-3-2-5-16(17)14-24-19-13-20-26-21(18-7-4-12-32-18)27-30(20)22(23)25-19/h2-7,12-13,24H,8-11,14H2,1H3,(H2,23,25). The van der Waals surface area contributed by atoms with Crippen molar-refractivity contribution < 1.29 is 9.21 Å². The minimum Gasteiger partial charge on any atom is -0.461 e. The van der Waals surface area contributed by atoms with Gasteiger partial charge in [-0.05, 0) is 23.8 Å². The summed E-state index contributed by atoms with van der Waals surface area (Å²) < 4.78 is 6.87. The summed E-state index contributed by atoms with van der Waals surface area (Å²) >= 11 is 0. The maximum atomic E-state index is 11.6. The Labute approximate surface area is 184 Å². The Balaban J connectivity index is 1.33. The van der Waals surface area contributed by atoms with Crippen LogP contribution in [0.15, 0.2) is 53.1 Å². The third-order valence-electron chi connectivity index (χ3n) is 5.61. The first-order valence-electron chi connectivity index (χ1n) is 10.5. The SMILES string of the molecule is CC(=O)N1CCN(c2ccccc2CNc2cc3nc(-c4ccco4)nn3c(N)n2)CC1. The highest BCUT2D eigenvalue weighted by molar-refractivity contribution is 5.73. The lowest BCUT2D eigenvalue weighted by Crippen LogP contribution is -2.48. The molecule has 4 aromatic rings. The zero-order chi connectivity index (χ0) is 22.1. The summed E-state index contributed by atoms with van der Waals surface area (Å²) in [5.41, 5.74) is 8.99. The van der Waals surface area contributed by atoms with E-state index in [2.05, 4.69) is 37.4 Å². The average Bonchev–Trinajstić information content (AvgIpc) is 3.48. The van der Waals surface area contributed by atoms with E-state index >= 15 is 0 Å². The predicted molar refractivity (Wildman–Crippen MR) is 121 cm³/mol. The molecule has 0 bridgehead atoms. The molecule has 10 heteroatoms. The molecule has 4 heterocycles. The van der Waals surface area contributed by atoms with E-state index in [0.717, 1.165) is 37.4 Å². The second-order valence-corrected chi connectivity index (χ2v) is 7.66. The molecule has 10 nitrogen and oxygen atoms in total. The van der Waals surface area contributed by atoms with Crippen LogP contribution in [0.1, 0.15) is 12.5 Å². The summed E-state index contributed by atoms with van der Waals surface area (Å²) in [7, 11) is 0. The van der Waals surface area contributed by atoms with Gasteiger partial charge in [-0.3, -0.25) is 4.79 Å². The number of carbonyl (C=O) groups is 1. The number of nitrogens with zero attached hydrogens (tertiary/aromatic N) is 6. The molecule has 1 aromatic carbocycles. The molecule has 0 aliphatic carbocycles. The van der Waals surface area contributed by atoms with Gasteiger partial charge in [0.05, 0.1) is 6.26 Å². The summed E-state index contributed by atoms with van der Waals surface area (Å²) in [6, 6.07) is 13.6. The van der Waals surface area contributed by atoms with Gasteiger partial charge >= 0.3 is 0 Å². The lowest BCUT2D eigenvalue weighted by Gasteiger charge is -2.36. The van der Waals surface area contributed by atoms with Gasteiger partial charge in [-0.2, -0.15) is 9.50 Å². The predicted octanol–water partition coefficient (Wildman–Crippen LogP) is 2.25. The maximum absolute atomic E-state index is 11.6. The number of furan rings is 1. The summed E-state index contributed by atoms with van der Waals surface area (Å²) in [4.78, 5) is 24.7. The largest absolute Gasteiger partial charge is 0.461 e. The van der Waals surface area contributed by atoms with E-state index in [9.17, 15) is 4.79 Å². The van der Waals surface area contributed by atoms with E-state index in [-0.39, 0.29) is 11.9 Å². The molecule has 164 valence electrons. The number of hydrogen-bond donors (Lipinski definition) is 2. The zero-order valence-corrected chi connectivity index (χ0v) is 17.7. The number of anilines is 3. The van der Waals surface area contributed by atoms with Crippen molar-refractivity contribution in [2.24, 2.45) is 0 Å². The molecule has 1 aliphatic rings. The topological polar surface area (TPSA) is 118 Å². The molecule has 0 saturated carbocycles. The number of hydrogen-bond acceptors (Lipinski definition) is 8. The Morgan fingerprint density at radius 2 is 1.94 bits per heavy atom. The van der Waals surface area contributed by atoms with E-state index in [0.29, 0.717) is 29.6 Å². The molecule has 0 unspecified atom stereocenters. The van der Waals surface area contributed by atoms with Crippen molar-refractivity contribution in [1.82, 2.24) is 24.5 Å². The molecule has 0 radical (unpaired) electrons. The van der Waals surface area contributed by atoms with Gasteiger partial charge in [0, 0.05) is 51.4 Å². The van der Waals surface area contributed by atoms with Crippen LogP contribution < -0.4 is 16.0 Å². The lowest BCUT2D eigenvalue weighted by molar-refractivity contribution is -0.129. The van der Waals surface area contributed by atoms with E-state index in [1.54, 1.807) is 25.3 Å². The number of amides is 1. The van der Waals surface area contributed by atoms with Gasteiger partial charge in [-0.25, -0.2) is 4.98 Å². The van der Waals surface area contributed by atoms with E-state index in [1.165, 1.54) is 4.52 Å². The number of nitrogens with two attached hydrogens (primary N) is 1. The fourth-order valence-electron chi connectivity index (χ4n) is 3.93. The third kappa shape index (κ3) is 3.82. The molecule has 1 aliphatic heterocycles. The maximum Gasteiger partial charge on any atom is 0.225 e. The van der Waals surface area contributed by atoms with E-state index < -0.39 is 0 Å². The van der Waals surface area contributed by atoms with Gasteiger partial charge in [-0.1, -0.05) is 18.2 Å². The Bertz CT molecular complexity index is 1240. The van der Waals surface area contributed by atoms with Crippen molar-refractivity contribution in [1.29, 1.82) is 0 Å². The number of nitrogen functional groups attached to an aromatic ring is 1. The average molecular weight is 432 g/mol. The number of fused-ring (bicyclic) bond motifs is 1. The number of nitrogens with one attached hydrogen (secondary N) is 1. The van der Waals surface area contributed by atoms with Gasteiger partial charge in [0.15, 0.2) is 11.4 Å². The minimum atomic E-state index is 0.127. The van der Waals surface area contributed by atoms with Crippen LogP contribution in [0.25, 0.3) is 17.2 Å². The number of piperazine rings is 1. The summed E-state index contributed by atoms with van der Waals surface area (Å²) in [6.07, 6.45) is 1.58. The second kappa shape index (κ2) is 8.22. The summed E-state index contributed by atoms with van der Waals surface area (Å²) in [5, 5.41) is 7.73. The number of rotatable bonds is 5. The van der Waals surface area contributed by atoms with Gasteiger partial charge < -0.3 is 25.3 Å². The third-order valence-corrected chi connectivity index (χ3v) is 5.61. The van der Waals surface area contributed by atoms with Crippen molar-refractivity contribution >= 4 is 29.0 Å². The summed E-state index contributed by atoms with van der Waals surface area (Å²) in [5.74, 6) is 2.01. The van der Waals surface area contributed by atoms with Gasteiger partial charge in [0.25, 0.3) is 0 Å². The molecule has 1 saturated heterocycles. The minimum absolute atomic E-state index is 0.127. The van der Waals surface area contributed by atoms with Crippen molar-refractivity contribution in [2.45, 2.75) is 13.5 Å².